The zero-order valence-electron chi connectivity index (χ0n) is 12.6. The average Bonchev–Trinajstić information content (AvgIpc) is 2.42. The van der Waals surface area contributed by atoms with Gasteiger partial charge >= 0.3 is 5.97 Å². The molecule has 2 saturated heterocycles. The molecule has 5 heteroatoms. The van der Waals surface area contributed by atoms with Crippen molar-refractivity contribution in [3.63, 3.8) is 0 Å². The Labute approximate surface area is 121 Å². The quantitative estimate of drug-likeness (QED) is 0.709. The van der Waals surface area contributed by atoms with Crippen LogP contribution < -0.4 is 0 Å². The van der Waals surface area contributed by atoms with E-state index in [1.807, 2.05) is 9.80 Å². The van der Waals surface area contributed by atoms with Crippen LogP contribution in [0, 0.1) is 11.8 Å². The summed E-state index contributed by atoms with van der Waals surface area (Å²) in [5.74, 6) is 0.963. The molecule has 0 atom stereocenters. The predicted octanol–water partition coefficient (Wildman–Crippen LogP) is 1.13. The molecule has 0 aromatic rings. The standard InChI is InChI=1S/C15H26N2O3/c1-3-12-5-7-17(8-6-12)15(19)13-9-16(10-13)11-14(18)20-4-2/h12-13H,3-11H2,1-2H3. The van der Waals surface area contributed by atoms with Gasteiger partial charge in [-0.15, -0.1) is 0 Å². The van der Waals surface area contributed by atoms with Gasteiger partial charge in [-0.3, -0.25) is 14.5 Å². The molecule has 0 aliphatic carbocycles. The van der Waals surface area contributed by atoms with E-state index < -0.39 is 0 Å². The number of hydrogen-bond acceptors (Lipinski definition) is 4. The molecule has 114 valence electrons. The molecular weight excluding hydrogens is 256 g/mol. The molecule has 5 nitrogen and oxygen atoms in total. The maximum Gasteiger partial charge on any atom is 0.320 e. The van der Waals surface area contributed by atoms with Crippen LogP contribution in [-0.2, 0) is 14.3 Å². The Kier molecular flexibility index (Phi) is 5.40. The minimum Gasteiger partial charge on any atom is -0.465 e. The molecule has 20 heavy (non-hydrogen) atoms. The summed E-state index contributed by atoms with van der Waals surface area (Å²) in [6, 6.07) is 0. The van der Waals surface area contributed by atoms with Crippen LogP contribution in [-0.4, -0.2) is 61.0 Å². The zero-order chi connectivity index (χ0) is 14.5. The number of carbonyl (C=O) groups is 2. The Hall–Kier alpha value is -1.10. The van der Waals surface area contributed by atoms with E-state index in [1.54, 1.807) is 6.92 Å². The number of amides is 1. The van der Waals surface area contributed by atoms with E-state index in [9.17, 15) is 9.59 Å². The largest absolute Gasteiger partial charge is 0.465 e. The minimum atomic E-state index is -0.192. The van der Waals surface area contributed by atoms with Crippen LogP contribution in [0.3, 0.4) is 0 Å². The van der Waals surface area contributed by atoms with Crippen molar-refractivity contribution in [2.45, 2.75) is 33.1 Å². The molecule has 0 radical (unpaired) electrons. The lowest BCUT2D eigenvalue weighted by atomic mass is 9.92. The summed E-state index contributed by atoms with van der Waals surface area (Å²) in [7, 11) is 0. The fourth-order valence-corrected chi connectivity index (χ4v) is 3.06. The fourth-order valence-electron chi connectivity index (χ4n) is 3.06. The van der Waals surface area contributed by atoms with Crippen molar-refractivity contribution in [2.75, 3.05) is 39.3 Å². The highest BCUT2D eigenvalue weighted by Gasteiger charge is 2.37. The van der Waals surface area contributed by atoms with Crippen LogP contribution in [0.15, 0.2) is 0 Å². The first-order chi connectivity index (χ1) is 9.63. The van der Waals surface area contributed by atoms with E-state index in [1.165, 1.54) is 6.42 Å². The maximum atomic E-state index is 12.3. The third-order valence-electron chi connectivity index (χ3n) is 4.47. The summed E-state index contributed by atoms with van der Waals surface area (Å²) >= 11 is 0. The third kappa shape index (κ3) is 3.72. The number of likely N-dealkylation sites (tertiary alicyclic amines) is 2. The molecule has 2 fully saturated rings. The van der Waals surface area contributed by atoms with Crippen molar-refractivity contribution in [3.8, 4) is 0 Å². The number of rotatable bonds is 5. The molecule has 0 aromatic heterocycles. The van der Waals surface area contributed by atoms with Crippen molar-refractivity contribution < 1.29 is 14.3 Å². The number of nitrogens with zero attached hydrogens (tertiary/aromatic N) is 2. The van der Waals surface area contributed by atoms with E-state index in [0.29, 0.717) is 26.2 Å². The fraction of sp³-hybridized carbons (Fsp3) is 0.867. The smallest absolute Gasteiger partial charge is 0.320 e. The molecule has 2 heterocycles. The van der Waals surface area contributed by atoms with Crippen LogP contribution >= 0.6 is 0 Å². The first-order valence-corrected chi connectivity index (χ1v) is 7.80. The molecule has 2 rings (SSSR count). The third-order valence-corrected chi connectivity index (χ3v) is 4.47. The summed E-state index contributed by atoms with van der Waals surface area (Å²) in [4.78, 5) is 27.6. The molecule has 0 aromatic carbocycles. The SMILES string of the molecule is CCOC(=O)CN1CC(C(=O)N2CCC(CC)CC2)C1. The number of ether oxygens (including phenoxy) is 1. The number of carbonyl (C=O) groups excluding carboxylic acids is 2. The normalized spacial score (nSPS) is 21.6. The van der Waals surface area contributed by atoms with E-state index in [2.05, 4.69) is 6.92 Å². The second-order valence-electron chi connectivity index (χ2n) is 5.87. The highest BCUT2D eigenvalue weighted by molar-refractivity contribution is 5.81. The molecule has 0 bridgehead atoms. The van der Waals surface area contributed by atoms with Gasteiger partial charge in [-0.05, 0) is 25.7 Å². The van der Waals surface area contributed by atoms with Crippen LogP contribution in [0.25, 0.3) is 0 Å². The van der Waals surface area contributed by atoms with E-state index in [-0.39, 0.29) is 17.8 Å². The van der Waals surface area contributed by atoms with Crippen LogP contribution in [0.1, 0.15) is 33.1 Å². The van der Waals surface area contributed by atoms with Crippen molar-refractivity contribution in [2.24, 2.45) is 11.8 Å². The van der Waals surface area contributed by atoms with Crippen LogP contribution in [0.4, 0.5) is 0 Å². The summed E-state index contributed by atoms with van der Waals surface area (Å²) in [5, 5.41) is 0. The van der Waals surface area contributed by atoms with Gasteiger partial charge in [0.15, 0.2) is 0 Å². The van der Waals surface area contributed by atoms with Crippen molar-refractivity contribution in [1.82, 2.24) is 9.80 Å². The Morgan fingerprint density at radius 1 is 1.15 bits per heavy atom. The topological polar surface area (TPSA) is 49.9 Å². The molecule has 0 N–H and O–H groups in total. The highest BCUT2D eigenvalue weighted by atomic mass is 16.5. The molecule has 0 saturated carbocycles. The first kappa shape index (κ1) is 15.3. The van der Waals surface area contributed by atoms with Gasteiger partial charge in [0.05, 0.1) is 19.1 Å². The second-order valence-corrected chi connectivity index (χ2v) is 5.87. The van der Waals surface area contributed by atoms with Crippen LogP contribution in [0.2, 0.25) is 0 Å². The van der Waals surface area contributed by atoms with Gasteiger partial charge in [0.25, 0.3) is 0 Å². The lowest BCUT2D eigenvalue weighted by Gasteiger charge is -2.41. The Morgan fingerprint density at radius 2 is 1.80 bits per heavy atom. The second kappa shape index (κ2) is 7.07. The number of hydrogen-bond donors (Lipinski definition) is 0. The molecule has 0 unspecified atom stereocenters. The van der Waals surface area contributed by atoms with E-state index in [4.69, 9.17) is 4.74 Å². The molecule has 2 aliphatic rings. The summed E-state index contributed by atoms with van der Waals surface area (Å²) in [6.07, 6.45) is 3.50. The van der Waals surface area contributed by atoms with Gasteiger partial charge < -0.3 is 9.64 Å². The van der Waals surface area contributed by atoms with Gasteiger partial charge in [0.2, 0.25) is 5.91 Å². The lowest BCUT2D eigenvalue weighted by molar-refractivity contribution is -0.151. The molecule has 2 aliphatic heterocycles. The highest BCUT2D eigenvalue weighted by Crippen LogP contribution is 2.24. The summed E-state index contributed by atoms with van der Waals surface area (Å²) in [6.45, 7) is 7.98. The Balaban J connectivity index is 1.68. The van der Waals surface area contributed by atoms with Crippen molar-refractivity contribution in [3.05, 3.63) is 0 Å². The number of esters is 1. The summed E-state index contributed by atoms with van der Waals surface area (Å²) in [5.41, 5.74) is 0. The van der Waals surface area contributed by atoms with Crippen LogP contribution in [0.5, 0.6) is 0 Å². The van der Waals surface area contributed by atoms with Gasteiger partial charge in [0.1, 0.15) is 0 Å². The van der Waals surface area contributed by atoms with Crippen molar-refractivity contribution >= 4 is 11.9 Å². The van der Waals surface area contributed by atoms with Gasteiger partial charge in [-0.25, -0.2) is 0 Å². The lowest BCUT2D eigenvalue weighted by Crippen LogP contribution is -2.56. The molecular formula is C15H26N2O3. The van der Waals surface area contributed by atoms with E-state index >= 15 is 0 Å². The summed E-state index contributed by atoms with van der Waals surface area (Å²) < 4.78 is 4.91. The number of piperidine rings is 1. The molecule has 0 spiro atoms. The monoisotopic (exact) mass is 282 g/mol. The Morgan fingerprint density at radius 3 is 2.35 bits per heavy atom. The van der Waals surface area contributed by atoms with Gasteiger partial charge in [-0.2, -0.15) is 0 Å². The zero-order valence-corrected chi connectivity index (χ0v) is 12.6. The van der Waals surface area contributed by atoms with Gasteiger partial charge in [-0.1, -0.05) is 13.3 Å². The predicted molar refractivity (Wildman–Crippen MR) is 76.2 cm³/mol. The van der Waals surface area contributed by atoms with E-state index in [0.717, 1.165) is 31.8 Å². The first-order valence-electron chi connectivity index (χ1n) is 7.80. The van der Waals surface area contributed by atoms with Crippen molar-refractivity contribution in [1.29, 1.82) is 0 Å². The molecule has 1 amide bonds. The average molecular weight is 282 g/mol. The van der Waals surface area contributed by atoms with Gasteiger partial charge in [0, 0.05) is 26.2 Å². The minimum absolute atomic E-state index is 0.0857. The maximum absolute atomic E-state index is 12.3. The Bertz CT molecular complexity index is 345.